The Kier molecular flexibility index (Phi) is 5.29. The molecule has 0 aliphatic heterocycles. The highest BCUT2D eigenvalue weighted by atomic mass is 16.5. The van der Waals surface area contributed by atoms with Crippen molar-refractivity contribution in [2.24, 2.45) is 5.73 Å². The van der Waals surface area contributed by atoms with Gasteiger partial charge in [0, 0.05) is 12.6 Å². The van der Waals surface area contributed by atoms with Gasteiger partial charge in [-0.2, -0.15) is 0 Å². The molecule has 1 atom stereocenters. The Balaban J connectivity index is 2.22. The van der Waals surface area contributed by atoms with E-state index in [9.17, 15) is 4.79 Å². The zero-order valence-electron chi connectivity index (χ0n) is 9.85. The third kappa shape index (κ3) is 5.77. The topological polar surface area (TPSA) is 84.6 Å². The summed E-state index contributed by atoms with van der Waals surface area (Å²) in [6.45, 7) is 2.88. The van der Waals surface area contributed by atoms with Crippen LogP contribution in [-0.4, -0.2) is 30.4 Å². The van der Waals surface area contributed by atoms with Crippen molar-refractivity contribution in [3.8, 4) is 5.75 Å². The highest BCUT2D eigenvalue weighted by Crippen LogP contribution is 2.10. The average Bonchev–Trinajstić information content (AvgIpc) is 2.27. The minimum absolute atomic E-state index is 0.260. The van der Waals surface area contributed by atoms with Crippen LogP contribution in [0.4, 0.5) is 4.79 Å². The third-order valence-corrected chi connectivity index (χ3v) is 2.32. The van der Waals surface area contributed by atoms with Crippen LogP contribution in [0.15, 0.2) is 24.3 Å². The Hall–Kier alpha value is -1.75. The van der Waals surface area contributed by atoms with E-state index in [1.807, 2.05) is 19.1 Å². The molecule has 0 aliphatic rings. The summed E-state index contributed by atoms with van der Waals surface area (Å²) >= 11 is 0. The molecule has 5 nitrogen and oxygen atoms in total. The van der Waals surface area contributed by atoms with Gasteiger partial charge in [-0.3, -0.25) is 0 Å². The molecule has 1 rings (SSSR count). The molecule has 0 spiro atoms. The molecule has 94 valence electrons. The minimum Gasteiger partial charge on any atom is -0.508 e. The first-order valence-electron chi connectivity index (χ1n) is 5.51. The fraction of sp³-hybridized carbons (Fsp3) is 0.417. The molecule has 4 N–H and O–H groups in total. The Bertz CT molecular complexity index is 351. The van der Waals surface area contributed by atoms with Crippen molar-refractivity contribution < 1.29 is 14.6 Å². The lowest BCUT2D eigenvalue weighted by Gasteiger charge is -2.13. The Labute approximate surface area is 101 Å². The summed E-state index contributed by atoms with van der Waals surface area (Å²) in [6.07, 6.45) is 0.0922. The second-order valence-corrected chi connectivity index (χ2v) is 3.89. The number of phenols is 1. The largest absolute Gasteiger partial charge is 0.508 e. The first-order valence-corrected chi connectivity index (χ1v) is 5.51. The standard InChI is InChI=1S/C12H18N2O3/c1-9(14-6-7-17-12(13)16)8-10-2-4-11(15)5-3-10/h2-5,9,14-15H,6-8H2,1H3,(H2,13,16). The number of amides is 1. The van der Waals surface area contributed by atoms with Gasteiger partial charge in [-0.25, -0.2) is 4.79 Å². The summed E-state index contributed by atoms with van der Waals surface area (Å²) in [4.78, 5) is 10.3. The number of carbonyl (C=O) groups is 1. The molecular formula is C12H18N2O3. The number of phenolic OH excluding ortho intramolecular Hbond substituents is 1. The maximum Gasteiger partial charge on any atom is 0.404 e. The first-order chi connectivity index (χ1) is 8.08. The van der Waals surface area contributed by atoms with Crippen molar-refractivity contribution >= 4 is 6.09 Å². The zero-order chi connectivity index (χ0) is 12.7. The molecule has 1 unspecified atom stereocenters. The number of aromatic hydroxyl groups is 1. The van der Waals surface area contributed by atoms with Gasteiger partial charge in [-0.05, 0) is 31.0 Å². The lowest BCUT2D eigenvalue weighted by Crippen LogP contribution is -2.32. The number of primary amides is 1. The van der Waals surface area contributed by atoms with Gasteiger partial charge < -0.3 is 20.9 Å². The molecule has 17 heavy (non-hydrogen) atoms. The summed E-state index contributed by atoms with van der Waals surface area (Å²) < 4.78 is 4.60. The fourth-order valence-corrected chi connectivity index (χ4v) is 1.51. The van der Waals surface area contributed by atoms with Gasteiger partial charge >= 0.3 is 6.09 Å². The smallest absolute Gasteiger partial charge is 0.404 e. The van der Waals surface area contributed by atoms with Gasteiger partial charge in [0.15, 0.2) is 0 Å². The molecule has 1 aromatic rings. The molecule has 0 saturated carbocycles. The molecule has 0 radical (unpaired) electrons. The quantitative estimate of drug-likeness (QED) is 0.646. The second kappa shape index (κ2) is 6.75. The van der Waals surface area contributed by atoms with E-state index in [4.69, 9.17) is 10.8 Å². The molecule has 0 bridgehead atoms. The number of nitrogens with two attached hydrogens (primary N) is 1. The van der Waals surface area contributed by atoms with Gasteiger partial charge in [0.1, 0.15) is 12.4 Å². The normalized spacial score (nSPS) is 12.1. The summed E-state index contributed by atoms with van der Waals surface area (Å²) in [5, 5.41) is 12.3. The van der Waals surface area contributed by atoms with E-state index in [1.54, 1.807) is 12.1 Å². The van der Waals surface area contributed by atoms with Crippen molar-refractivity contribution in [3.63, 3.8) is 0 Å². The zero-order valence-corrected chi connectivity index (χ0v) is 9.85. The van der Waals surface area contributed by atoms with Gasteiger partial charge in [0.2, 0.25) is 0 Å². The highest BCUT2D eigenvalue weighted by Gasteiger charge is 2.03. The van der Waals surface area contributed by atoms with E-state index < -0.39 is 6.09 Å². The van der Waals surface area contributed by atoms with Gasteiger partial charge in [-0.1, -0.05) is 12.1 Å². The van der Waals surface area contributed by atoms with Crippen LogP contribution in [-0.2, 0) is 11.2 Å². The van der Waals surface area contributed by atoms with Crippen LogP contribution in [0.2, 0.25) is 0 Å². The number of hydrogen-bond acceptors (Lipinski definition) is 4. The monoisotopic (exact) mass is 238 g/mol. The highest BCUT2D eigenvalue weighted by molar-refractivity contribution is 5.64. The first kappa shape index (κ1) is 13.3. The Morgan fingerprint density at radius 3 is 2.71 bits per heavy atom. The SMILES string of the molecule is CC(Cc1ccc(O)cc1)NCCOC(N)=O. The van der Waals surface area contributed by atoms with Crippen LogP contribution >= 0.6 is 0 Å². The Morgan fingerprint density at radius 2 is 2.12 bits per heavy atom. The Morgan fingerprint density at radius 1 is 1.47 bits per heavy atom. The lowest BCUT2D eigenvalue weighted by molar-refractivity contribution is 0.156. The van der Waals surface area contributed by atoms with Crippen LogP contribution < -0.4 is 11.1 Å². The maximum atomic E-state index is 10.3. The fourth-order valence-electron chi connectivity index (χ4n) is 1.51. The number of nitrogens with one attached hydrogen (secondary N) is 1. The number of ether oxygens (including phenoxy) is 1. The number of rotatable bonds is 6. The van der Waals surface area contributed by atoms with Gasteiger partial charge in [0.25, 0.3) is 0 Å². The molecule has 0 aromatic heterocycles. The maximum absolute atomic E-state index is 10.3. The molecule has 0 aliphatic carbocycles. The van der Waals surface area contributed by atoms with Crippen LogP contribution in [0.3, 0.4) is 0 Å². The minimum atomic E-state index is -0.752. The number of benzene rings is 1. The van der Waals surface area contributed by atoms with E-state index in [0.717, 1.165) is 12.0 Å². The molecule has 0 saturated heterocycles. The second-order valence-electron chi connectivity index (χ2n) is 3.89. The van der Waals surface area contributed by atoms with Crippen LogP contribution in [0.1, 0.15) is 12.5 Å². The molecule has 1 amide bonds. The van der Waals surface area contributed by atoms with E-state index in [-0.39, 0.29) is 18.4 Å². The number of hydrogen-bond donors (Lipinski definition) is 3. The van der Waals surface area contributed by atoms with E-state index >= 15 is 0 Å². The van der Waals surface area contributed by atoms with Crippen molar-refractivity contribution in [2.45, 2.75) is 19.4 Å². The van der Waals surface area contributed by atoms with Crippen molar-refractivity contribution in [1.29, 1.82) is 0 Å². The van der Waals surface area contributed by atoms with Gasteiger partial charge in [-0.15, -0.1) is 0 Å². The summed E-state index contributed by atoms with van der Waals surface area (Å²) in [7, 11) is 0. The van der Waals surface area contributed by atoms with Crippen molar-refractivity contribution in [1.82, 2.24) is 5.32 Å². The summed E-state index contributed by atoms with van der Waals surface area (Å²) in [5.41, 5.74) is 5.97. The van der Waals surface area contributed by atoms with Crippen LogP contribution in [0, 0.1) is 0 Å². The molecule has 0 heterocycles. The van der Waals surface area contributed by atoms with Crippen molar-refractivity contribution in [2.75, 3.05) is 13.2 Å². The third-order valence-electron chi connectivity index (χ3n) is 2.32. The summed E-state index contributed by atoms with van der Waals surface area (Å²) in [5.74, 6) is 0.268. The molecule has 0 fully saturated rings. The molecule has 1 aromatic carbocycles. The van der Waals surface area contributed by atoms with E-state index in [1.165, 1.54) is 0 Å². The van der Waals surface area contributed by atoms with E-state index in [0.29, 0.717) is 6.54 Å². The van der Waals surface area contributed by atoms with Crippen LogP contribution in [0.25, 0.3) is 0 Å². The molecular weight excluding hydrogens is 220 g/mol. The van der Waals surface area contributed by atoms with Crippen molar-refractivity contribution in [3.05, 3.63) is 29.8 Å². The van der Waals surface area contributed by atoms with Crippen LogP contribution in [0.5, 0.6) is 5.75 Å². The average molecular weight is 238 g/mol. The van der Waals surface area contributed by atoms with E-state index in [2.05, 4.69) is 10.1 Å². The summed E-state index contributed by atoms with van der Waals surface area (Å²) in [6, 6.07) is 7.35. The predicted octanol–water partition coefficient (Wildman–Crippen LogP) is 1.01. The number of carbonyl (C=O) groups excluding carboxylic acids is 1. The lowest BCUT2D eigenvalue weighted by atomic mass is 10.1. The molecule has 5 heteroatoms. The predicted molar refractivity (Wildman–Crippen MR) is 64.8 cm³/mol. The van der Waals surface area contributed by atoms with Gasteiger partial charge in [0.05, 0.1) is 0 Å².